The van der Waals surface area contributed by atoms with Crippen LogP contribution in [0.1, 0.15) is 17.5 Å². The van der Waals surface area contributed by atoms with Crippen molar-refractivity contribution in [2.75, 3.05) is 6.61 Å². The maximum Gasteiger partial charge on any atom is 0.121 e. The molecule has 4 heteroatoms. The van der Waals surface area contributed by atoms with Crippen molar-refractivity contribution in [3.05, 3.63) is 63.6 Å². The number of aliphatic hydroxyl groups is 1. The molecule has 0 atom stereocenters. The molecule has 0 heterocycles. The lowest BCUT2D eigenvalue weighted by molar-refractivity contribution is 0.305. The first-order valence-corrected chi connectivity index (χ1v) is 7.22. The van der Waals surface area contributed by atoms with Gasteiger partial charge in [-0.2, -0.15) is 0 Å². The van der Waals surface area contributed by atoms with E-state index in [1.165, 1.54) is 0 Å². The summed E-state index contributed by atoms with van der Waals surface area (Å²) in [5.41, 5.74) is 1.60. The summed E-state index contributed by atoms with van der Waals surface area (Å²) >= 11 is 12.2. The number of halogens is 2. The molecule has 0 unspecified atom stereocenters. The van der Waals surface area contributed by atoms with Gasteiger partial charge in [0.25, 0.3) is 0 Å². The fraction of sp³-hybridized carbons (Fsp3) is 0.176. The second kappa shape index (κ2) is 7.95. The van der Waals surface area contributed by atoms with Gasteiger partial charge in [0.2, 0.25) is 0 Å². The summed E-state index contributed by atoms with van der Waals surface area (Å²) in [6.07, 6.45) is 0.459. The van der Waals surface area contributed by atoms with Gasteiger partial charge in [0.15, 0.2) is 0 Å². The van der Waals surface area contributed by atoms with Gasteiger partial charge in [-0.05, 0) is 30.3 Å². The Morgan fingerprint density at radius 2 is 1.76 bits per heavy atom. The monoisotopic (exact) mass is 320 g/mol. The van der Waals surface area contributed by atoms with Crippen molar-refractivity contribution in [3.8, 4) is 17.6 Å². The summed E-state index contributed by atoms with van der Waals surface area (Å²) in [4.78, 5) is 0. The van der Waals surface area contributed by atoms with E-state index in [-0.39, 0.29) is 6.61 Å². The van der Waals surface area contributed by atoms with Crippen LogP contribution < -0.4 is 4.74 Å². The summed E-state index contributed by atoms with van der Waals surface area (Å²) in [6.45, 7) is 0.361. The highest BCUT2D eigenvalue weighted by molar-refractivity contribution is 6.35. The number of hydrogen-bond donors (Lipinski definition) is 1. The molecule has 0 saturated carbocycles. The van der Waals surface area contributed by atoms with Gasteiger partial charge < -0.3 is 9.84 Å². The molecule has 0 spiro atoms. The van der Waals surface area contributed by atoms with Gasteiger partial charge in [-0.25, -0.2) is 0 Å². The van der Waals surface area contributed by atoms with E-state index in [1.54, 1.807) is 18.2 Å². The van der Waals surface area contributed by atoms with Crippen LogP contribution in [-0.2, 0) is 6.61 Å². The molecule has 2 aromatic rings. The Morgan fingerprint density at radius 3 is 2.48 bits per heavy atom. The fourth-order valence-corrected chi connectivity index (χ4v) is 2.22. The minimum atomic E-state index is 0.0637. The van der Waals surface area contributed by atoms with Crippen molar-refractivity contribution in [1.29, 1.82) is 0 Å². The standard InChI is InChI=1S/C17H14Cl2O2/c18-16-8-4-9-17(19)15(16)12-21-14-7-3-6-13(11-14)5-1-2-10-20/h3-4,6-9,11,20H,2,10,12H2. The molecule has 0 saturated heterocycles. The van der Waals surface area contributed by atoms with Crippen LogP contribution in [0.5, 0.6) is 5.75 Å². The molecule has 0 fully saturated rings. The third-order valence-corrected chi connectivity index (χ3v) is 3.46. The molecule has 21 heavy (non-hydrogen) atoms. The van der Waals surface area contributed by atoms with Crippen LogP contribution in [0.3, 0.4) is 0 Å². The fourth-order valence-electron chi connectivity index (χ4n) is 1.71. The Bertz CT molecular complexity index is 652. The Balaban J connectivity index is 2.07. The maximum absolute atomic E-state index is 8.71. The first-order chi connectivity index (χ1) is 10.2. The number of benzene rings is 2. The van der Waals surface area contributed by atoms with Crippen LogP contribution in [0.25, 0.3) is 0 Å². The zero-order valence-electron chi connectivity index (χ0n) is 11.3. The zero-order valence-corrected chi connectivity index (χ0v) is 12.8. The van der Waals surface area contributed by atoms with E-state index < -0.39 is 0 Å². The maximum atomic E-state index is 8.71. The van der Waals surface area contributed by atoms with E-state index in [0.717, 1.165) is 11.1 Å². The first kappa shape index (κ1) is 15.7. The molecule has 2 aromatic carbocycles. The van der Waals surface area contributed by atoms with Gasteiger partial charge in [-0.1, -0.05) is 47.2 Å². The Morgan fingerprint density at radius 1 is 1.05 bits per heavy atom. The van der Waals surface area contributed by atoms with E-state index in [9.17, 15) is 0 Å². The van der Waals surface area contributed by atoms with Crippen molar-refractivity contribution in [3.63, 3.8) is 0 Å². The Labute approximate surface area is 134 Å². The molecule has 0 aliphatic rings. The summed E-state index contributed by atoms with van der Waals surface area (Å²) in [5.74, 6) is 6.53. The predicted octanol–water partition coefficient (Wildman–Crippen LogP) is 4.31. The molecule has 0 aromatic heterocycles. The van der Waals surface area contributed by atoms with Crippen molar-refractivity contribution >= 4 is 23.2 Å². The molecule has 0 bridgehead atoms. The second-order valence-corrected chi connectivity index (χ2v) is 5.11. The molecule has 0 amide bonds. The average Bonchev–Trinajstić information content (AvgIpc) is 2.47. The molecule has 0 aliphatic heterocycles. The van der Waals surface area contributed by atoms with Gasteiger partial charge in [0.05, 0.1) is 6.61 Å². The third kappa shape index (κ3) is 4.68. The lowest BCUT2D eigenvalue weighted by Gasteiger charge is -2.09. The molecule has 2 nitrogen and oxygen atoms in total. The van der Waals surface area contributed by atoms with Crippen LogP contribution in [-0.4, -0.2) is 11.7 Å². The highest BCUT2D eigenvalue weighted by Crippen LogP contribution is 2.26. The number of aliphatic hydroxyl groups excluding tert-OH is 1. The lowest BCUT2D eigenvalue weighted by Crippen LogP contribution is -1.97. The number of hydrogen-bond acceptors (Lipinski definition) is 2. The van der Waals surface area contributed by atoms with E-state index in [1.807, 2.05) is 24.3 Å². The van der Waals surface area contributed by atoms with Crippen molar-refractivity contribution in [2.45, 2.75) is 13.0 Å². The SMILES string of the molecule is OCCC#Cc1cccc(OCc2c(Cl)cccc2Cl)c1. The first-order valence-electron chi connectivity index (χ1n) is 6.46. The van der Waals surface area contributed by atoms with Gasteiger partial charge in [-0.15, -0.1) is 0 Å². The normalized spacial score (nSPS) is 9.86. The number of ether oxygens (including phenoxy) is 1. The molecule has 0 aliphatic carbocycles. The second-order valence-electron chi connectivity index (χ2n) is 4.29. The smallest absolute Gasteiger partial charge is 0.121 e. The van der Waals surface area contributed by atoms with Crippen molar-refractivity contribution < 1.29 is 9.84 Å². The molecule has 1 N–H and O–H groups in total. The van der Waals surface area contributed by atoms with Crippen molar-refractivity contribution in [2.24, 2.45) is 0 Å². The topological polar surface area (TPSA) is 29.5 Å². The summed E-state index contributed by atoms with van der Waals surface area (Å²) in [5, 5.41) is 9.88. The van der Waals surface area contributed by atoms with E-state index >= 15 is 0 Å². The highest BCUT2D eigenvalue weighted by atomic mass is 35.5. The molecular weight excluding hydrogens is 307 g/mol. The summed E-state index contributed by atoms with van der Waals surface area (Å²) < 4.78 is 5.71. The zero-order chi connectivity index (χ0) is 15.1. The van der Waals surface area contributed by atoms with Crippen LogP contribution in [0.2, 0.25) is 10.0 Å². The van der Waals surface area contributed by atoms with Crippen molar-refractivity contribution in [1.82, 2.24) is 0 Å². The molecule has 108 valence electrons. The number of rotatable bonds is 4. The quantitative estimate of drug-likeness (QED) is 0.851. The molecule has 0 radical (unpaired) electrons. The molecule has 2 rings (SSSR count). The Hall–Kier alpha value is -1.66. The van der Waals surface area contributed by atoms with Gasteiger partial charge in [-0.3, -0.25) is 0 Å². The predicted molar refractivity (Wildman–Crippen MR) is 85.8 cm³/mol. The van der Waals surface area contributed by atoms with Gasteiger partial charge >= 0.3 is 0 Å². The van der Waals surface area contributed by atoms with E-state index in [2.05, 4.69) is 11.8 Å². The third-order valence-electron chi connectivity index (χ3n) is 2.75. The van der Waals surface area contributed by atoms with Gasteiger partial charge in [0.1, 0.15) is 12.4 Å². The van der Waals surface area contributed by atoms with E-state index in [4.69, 9.17) is 33.0 Å². The van der Waals surface area contributed by atoms with Crippen LogP contribution in [0.4, 0.5) is 0 Å². The minimum Gasteiger partial charge on any atom is -0.489 e. The summed E-state index contributed by atoms with van der Waals surface area (Å²) in [6, 6.07) is 12.8. The van der Waals surface area contributed by atoms with E-state index in [0.29, 0.717) is 28.8 Å². The largest absolute Gasteiger partial charge is 0.489 e. The average molecular weight is 321 g/mol. The molecular formula is C17H14Cl2O2. The minimum absolute atomic E-state index is 0.0637. The van der Waals surface area contributed by atoms with Gasteiger partial charge in [0, 0.05) is 27.6 Å². The summed E-state index contributed by atoms with van der Waals surface area (Å²) in [7, 11) is 0. The van der Waals surface area contributed by atoms with Crippen LogP contribution in [0.15, 0.2) is 42.5 Å². The van der Waals surface area contributed by atoms with Crippen LogP contribution in [0, 0.1) is 11.8 Å². The van der Waals surface area contributed by atoms with Crippen LogP contribution >= 0.6 is 23.2 Å². The highest BCUT2D eigenvalue weighted by Gasteiger charge is 2.06. The Kier molecular flexibility index (Phi) is 5.95. The lowest BCUT2D eigenvalue weighted by atomic mass is 10.2.